The highest BCUT2D eigenvalue weighted by molar-refractivity contribution is 5.45. The molecular formula is C20H23N3O2. The maximum atomic E-state index is 10.0. The van der Waals surface area contributed by atoms with Crippen LogP contribution in [0.3, 0.4) is 0 Å². The minimum atomic E-state index is -0.197. The number of rotatable bonds is 6. The number of hydrogen-bond acceptors (Lipinski definition) is 5. The molecule has 1 unspecified atom stereocenters. The van der Waals surface area contributed by atoms with Crippen LogP contribution in [0.1, 0.15) is 24.8 Å². The Morgan fingerprint density at radius 1 is 1.28 bits per heavy atom. The van der Waals surface area contributed by atoms with Crippen molar-refractivity contribution in [3.63, 3.8) is 0 Å². The minimum Gasteiger partial charge on any atom is -0.494 e. The Bertz CT molecular complexity index is 729. The van der Waals surface area contributed by atoms with Crippen molar-refractivity contribution in [1.82, 2.24) is 4.98 Å². The molecular weight excluding hydrogens is 314 g/mol. The Kier molecular flexibility index (Phi) is 5.52. The van der Waals surface area contributed by atoms with Gasteiger partial charge in [-0.05, 0) is 43.5 Å². The summed E-state index contributed by atoms with van der Waals surface area (Å²) in [6, 6.07) is 15.4. The van der Waals surface area contributed by atoms with Crippen LogP contribution in [0.5, 0.6) is 5.75 Å². The summed E-state index contributed by atoms with van der Waals surface area (Å²) < 4.78 is 5.82. The first-order valence-electron chi connectivity index (χ1n) is 8.64. The predicted molar refractivity (Wildman–Crippen MR) is 96.5 cm³/mol. The van der Waals surface area contributed by atoms with Gasteiger partial charge in [0.05, 0.1) is 24.8 Å². The van der Waals surface area contributed by atoms with E-state index in [-0.39, 0.29) is 12.0 Å². The molecule has 1 fully saturated rings. The molecule has 1 aromatic carbocycles. The second kappa shape index (κ2) is 8.00. The third kappa shape index (κ3) is 4.28. The van der Waals surface area contributed by atoms with Crippen molar-refractivity contribution in [3.05, 3.63) is 54.2 Å². The lowest BCUT2D eigenvalue weighted by atomic mass is 9.78. The van der Waals surface area contributed by atoms with Crippen molar-refractivity contribution in [2.45, 2.75) is 19.3 Å². The molecule has 0 amide bonds. The lowest BCUT2D eigenvalue weighted by Gasteiger charge is -2.42. The highest BCUT2D eigenvalue weighted by Crippen LogP contribution is 2.35. The number of nitriles is 1. The zero-order chi connectivity index (χ0) is 17.5. The Morgan fingerprint density at radius 3 is 2.88 bits per heavy atom. The van der Waals surface area contributed by atoms with E-state index in [9.17, 15) is 5.11 Å². The van der Waals surface area contributed by atoms with Crippen LogP contribution in [-0.4, -0.2) is 36.4 Å². The number of piperidine rings is 1. The summed E-state index contributed by atoms with van der Waals surface area (Å²) in [5, 5.41) is 19.1. The number of hydrogen-bond donors (Lipinski definition) is 1. The first-order chi connectivity index (χ1) is 12.2. The molecule has 1 aromatic heterocycles. The van der Waals surface area contributed by atoms with Gasteiger partial charge in [-0.25, -0.2) is 4.98 Å². The Balaban J connectivity index is 1.65. The molecule has 2 heterocycles. The highest BCUT2D eigenvalue weighted by atomic mass is 16.5. The monoisotopic (exact) mass is 337 g/mol. The summed E-state index contributed by atoms with van der Waals surface area (Å²) in [7, 11) is 0. The third-order valence-electron chi connectivity index (χ3n) is 4.84. The molecule has 5 nitrogen and oxygen atoms in total. The Morgan fingerprint density at radius 2 is 2.12 bits per heavy atom. The summed E-state index contributed by atoms with van der Waals surface area (Å²) in [4.78, 5) is 6.57. The lowest BCUT2D eigenvalue weighted by molar-refractivity contribution is 0.0792. The number of aromatic nitrogens is 1. The van der Waals surface area contributed by atoms with Crippen molar-refractivity contribution in [2.75, 3.05) is 31.2 Å². The first-order valence-corrected chi connectivity index (χ1v) is 8.64. The number of pyridine rings is 1. The van der Waals surface area contributed by atoms with Gasteiger partial charge < -0.3 is 14.7 Å². The second-order valence-electron chi connectivity index (χ2n) is 6.61. The lowest BCUT2D eigenvalue weighted by Crippen LogP contribution is -2.46. The molecule has 3 rings (SSSR count). The van der Waals surface area contributed by atoms with Crippen LogP contribution in [0, 0.1) is 16.7 Å². The molecule has 1 atom stereocenters. The number of aliphatic hydroxyl groups excluding tert-OH is 1. The molecule has 0 bridgehead atoms. The van der Waals surface area contributed by atoms with Gasteiger partial charge in [0.2, 0.25) is 0 Å². The van der Waals surface area contributed by atoms with Crippen molar-refractivity contribution in [1.29, 1.82) is 5.26 Å². The molecule has 1 aliphatic heterocycles. The van der Waals surface area contributed by atoms with E-state index in [1.165, 1.54) is 0 Å². The highest BCUT2D eigenvalue weighted by Gasteiger charge is 2.35. The van der Waals surface area contributed by atoms with E-state index in [1.54, 1.807) is 12.3 Å². The SMILES string of the molecule is N#Cc1ccnc(N2CCCC(CO)(CCOc3ccccc3)C2)c1. The van der Waals surface area contributed by atoms with Gasteiger partial charge >= 0.3 is 0 Å². The molecule has 130 valence electrons. The van der Waals surface area contributed by atoms with E-state index in [4.69, 9.17) is 10.00 Å². The summed E-state index contributed by atoms with van der Waals surface area (Å²) >= 11 is 0. The molecule has 1 saturated heterocycles. The molecule has 1 aliphatic rings. The number of benzene rings is 1. The maximum Gasteiger partial charge on any atom is 0.129 e. The van der Waals surface area contributed by atoms with Crippen LogP contribution in [0.4, 0.5) is 5.82 Å². The average Bonchev–Trinajstić information content (AvgIpc) is 2.69. The Hall–Kier alpha value is -2.58. The fraction of sp³-hybridized carbons (Fsp3) is 0.400. The van der Waals surface area contributed by atoms with Crippen LogP contribution >= 0.6 is 0 Å². The van der Waals surface area contributed by atoms with Crippen molar-refractivity contribution >= 4 is 5.82 Å². The largest absolute Gasteiger partial charge is 0.494 e. The summed E-state index contributed by atoms with van der Waals surface area (Å²) in [5.41, 5.74) is 0.412. The number of anilines is 1. The van der Waals surface area contributed by atoms with Crippen LogP contribution in [0.2, 0.25) is 0 Å². The number of para-hydroxylation sites is 1. The number of aliphatic hydroxyl groups is 1. The van der Waals surface area contributed by atoms with Crippen molar-refractivity contribution < 1.29 is 9.84 Å². The summed E-state index contributed by atoms with van der Waals surface area (Å²) in [6.07, 6.45) is 4.41. The van der Waals surface area contributed by atoms with Crippen LogP contribution in [-0.2, 0) is 0 Å². The smallest absolute Gasteiger partial charge is 0.129 e. The molecule has 0 radical (unpaired) electrons. The van der Waals surface area contributed by atoms with Gasteiger partial charge in [0.1, 0.15) is 11.6 Å². The molecule has 2 aromatic rings. The zero-order valence-electron chi connectivity index (χ0n) is 14.3. The van der Waals surface area contributed by atoms with Gasteiger partial charge in [0.25, 0.3) is 0 Å². The number of nitrogens with zero attached hydrogens (tertiary/aromatic N) is 3. The molecule has 1 N–H and O–H groups in total. The topological polar surface area (TPSA) is 69.4 Å². The van der Waals surface area contributed by atoms with Crippen molar-refractivity contribution in [2.24, 2.45) is 5.41 Å². The van der Waals surface area contributed by atoms with Crippen LogP contribution in [0.15, 0.2) is 48.7 Å². The minimum absolute atomic E-state index is 0.125. The van der Waals surface area contributed by atoms with E-state index < -0.39 is 0 Å². The molecule has 0 spiro atoms. The average molecular weight is 337 g/mol. The van der Waals surface area contributed by atoms with Crippen molar-refractivity contribution in [3.8, 4) is 11.8 Å². The maximum absolute atomic E-state index is 10.0. The first kappa shape index (κ1) is 17.2. The predicted octanol–water partition coefficient (Wildman–Crippen LogP) is 3.00. The van der Waals surface area contributed by atoms with Gasteiger partial charge in [-0.2, -0.15) is 5.26 Å². The second-order valence-corrected chi connectivity index (χ2v) is 6.61. The van der Waals surface area contributed by atoms with Gasteiger partial charge in [0.15, 0.2) is 0 Å². The van der Waals surface area contributed by atoms with Gasteiger partial charge in [-0.1, -0.05) is 18.2 Å². The summed E-state index contributed by atoms with van der Waals surface area (Å²) in [6.45, 7) is 2.32. The number of ether oxygens (including phenoxy) is 1. The molecule has 0 aliphatic carbocycles. The van der Waals surface area contributed by atoms with E-state index in [1.807, 2.05) is 36.4 Å². The quantitative estimate of drug-likeness (QED) is 0.877. The van der Waals surface area contributed by atoms with Crippen LogP contribution in [0.25, 0.3) is 0 Å². The Labute approximate surface area is 148 Å². The van der Waals surface area contributed by atoms with Gasteiger partial charge in [0, 0.05) is 24.7 Å². The molecule has 5 heteroatoms. The normalized spacial score (nSPS) is 20.1. The fourth-order valence-corrected chi connectivity index (χ4v) is 3.38. The fourth-order valence-electron chi connectivity index (χ4n) is 3.38. The van der Waals surface area contributed by atoms with E-state index in [2.05, 4.69) is 16.0 Å². The van der Waals surface area contributed by atoms with E-state index in [0.717, 1.165) is 43.9 Å². The van der Waals surface area contributed by atoms with E-state index >= 15 is 0 Å². The van der Waals surface area contributed by atoms with Gasteiger partial charge in [-0.15, -0.1) is 0 Å². The van der Waals surface area contributed by atoms with Crippen LogP contribution < -0.4 is 9.64 Å². The van der Waals surface area contributed by atoms with E-state index in [0.29, 0.717) is 12.2 Å². The zero-order valence-corrected chi connectivity index (χ0v) is 14.3. The summed E-state index contributed by atoms with van der Waals surface area (Å²) in [5.74, 6) is 1.66. The molecule has 25 heavy (non-hydrogen) atoms. The third-order valence-corrected chi connectivity index (χ3v) is 4.84. The van der Waals surface area contributed by atoms with Gasteiger partial charge in [-0.3, -0.25) is 0 Å². The standard InChI is InChI=1S/C20H23N3O2/c21-14-17-7-10-22-19(13-17)23-11-4-8-20(15-23,16-24)9-12-25-18-5-2-1-3-6-18/h1-3,5-7,10,13,24H,4,8-9,11-12,15-16H2. The molecule has 0 saturated carbocycles.